The van der Waals surface area contributed by atoms with Gasteiger partial charge in [-0.1, -0.05) is 122 Å². The summed E-state index contributed by atoms with van der Waals surface area (Å²) in [6.45, 7) is 0. The Morgan fingerprint density at radius 2 is 0.516 bits per heavy atom. The molecular formula is C27H52O4. The summed E-state index contributed by atoms with van der Waals surface area (Å²) in [5.41, 5.74) is 0. The largest absolute Gasteiger partial charge is 0.469 e. The van der Waals surface area contributed by atoms with E-state index >= 15 is 0 Å². The molecule has 0 aromatic heterocycles. The number of carbonyl (C=O) groups excluding carboxylic acids is 2. The van der Waals surface area contributed by atoms with Crippen LogP contribution in [0.25, 0.3) is 0 Å². The molecule has 0 radical (unpaired) electrons. The molecule has 0 rings (SSSR count). The van der Waals surface area contributed by atoms with E-state index in [-0.39, 0.29) is 11.9 Å². The van der Waals surface area contributed by atoms with Crippen LogP contribution in [0.1, 0.15) is 148 Å². The third-order valence-corrected chi connectivity index (χ3v) is 6.22. The zero-order chi connectivity index (χ0) is 22.8. The van der Waals surface area contributed by atoms with Gasteiger partial charge in [-0.25, -0.2) is 0 Å². The van der Waals surface area contributed by atoms with Gasteiger partial charge in [0.15, 0.2) is 0 Å². The Bertz CT molecular complexity index is 359. The summed E-state index contributed by atoms with van der Waals surface area (Å²) in [5.74, 6) is -0.145. The third-order valence-electron chi connectivity index (χ3n) is 6.22. The van der Waals surface area contributed by atoms with Gasteiger partial charge in [0.05, 0.1) is 14.2 Å². The predicted molar refractivity (Wildman–Crippen MR) is 130 cm³/mol. The quantitative estimate of drug-likeness (QED) is 0.112. The Balaban J connectivity index is 3.05. The Labute approximate surface area is 193 Å². The molecule has 4 heteroatoms. The summed E-state index contributed by atoms with van der Waals surface area (Å²) in [7, 11) is 2.93. The highest BCUT2D eigenvalue weighted by molar-refractivity contribution is 5.69. The van der Waals surface area contributed by atoms with E-state index < -0.39 is 0 Å². The normalized spacial score (nSPS) is 10.9. The average molecular weight is 441 g/mol. The minimum Gasteiger partial charge on any atom is -0.469 e. The molecule has 0 aliphatic carbocycles. The molecule has 0 aromatic carbocycles. The van der Waals surface area contributed by atoms with Crippen LogP contribution in [0.2, 0.25) is 0 Å². The highest BCUT2D eigenvalue weighted by Gasteiger charge is 2.00. The van der Waals surface area contributed by atoms with E-state index in [9.17, 15) is 9.59 Å². The molecule has 0 saturated carbocycles. The summed E-state index contributed by atoms with van der Waals surface area (Å²) in [5, 5.41) is 0. The van der Waals surface area contributed by atoms with E-state index in [1.54, 1.807) is 0 Å². The summed E-state index contributed by atoms with van der Waals surface area (Å²) in [6.07, 6.45) is 28.7. The van der Waals surface area contributed by atoms with Crippen molar-refractivity contribution in [1.82, 2.24) is 0 Å². The summed E-state index contributed by atoms with van der Waals surface area (Å²) in [6, 6.07) is 0. The molecule has 0 spiro atoms. The second-order valence-corrected chi connectivity index (χ2v) is 9.08. The number of unbranched alkanes of at least 4 members (excludes halogenated alkanes) is 20. The SMILES string of the molecule is COC(=O)CCCCCCCCCCCCCCCCCCCCCCCC(=O)OC. The number of ether oxygens (including phenoxy) is 2. The molecule has 0 atom stereocenters. The molecule has 0 aromatic rings. The molecule has 0 unspecified atom stereocenters. The minimum atomic E-state index is -0.0724. The lowest BCUT2D eigenvalue weighted by atomic mass is 10.0. The Kier molecular flexibility index (Phi) is 24.3. The van der Waals surface area contributed by atoms with Crippen LogP contribution in [0.15, 0.2) is 0 Å². The van der Waals surface area contributed by atoms with E-state index in [1.807, 2.05) is 0 Å². The Hall–Kier alpha value is -1.06. The van der Waals surface area contributed by atoms with E-state index in [0.29, 0.717) is 12.8 Å². The molecule has 0 N–H and O–H groups in total. The van der Waals surface area contributed by atoms with Crippen molar-refractivity contribution in [2.45, 2.75) is 148 Å². The van der Waals surface area contributed by atoms with Gasteiger partial charge in [0.25, 0.3) is 0 Å². The molecule has 0 aliphatic rings. The zero-order valence-electron chi connectivity index (χ0n) is 20.9. The van der Waals surface area contributed by atoms with Crippen LogP contribution in [0.4, 0.5) is 0 Å². The van der Waals surface area contributed by atoms with Crippen molar-refractivity contribution >= 4 is 11.9 Å². The van der Waals surface area contributed by atoms with Crippen LogP contribution in [0, 0.1) is 0 Å². The van der Waals surface area contributed by atoms with Crippen molar-refractivity contribution in [1.29, 1.82) is 0 Å². The highest BCUT2D eigenvalue weighted by atomic mass is 16.5. The summed E-state index contributed by atoms with van der Waals surface area (Å²) >= 11 is 0. The van der Waals surface area contributed by atoms with Crippen LogP contribution in [0.5, 0.6) is 0 Å². The monoisotopic (exact) mass is 440 g/mol. The van der Waals surface area contributed by atoms with Gasteiger partial charge < -0.3 is 9.47 Å². The number of rotatable bonds is 24. The fourth-order valence-corrected chi connectivity index (χ4v) is 4.10. The second kappa shape index (κ2) is 25.2. The molecule has 0 saturated heterocycles. The van der Waals surface area contributed by atoms with Crippen LogP contribution in [0.3, 0.4) is 0 Å². The molecule has 0 heterocycles. The molecular weight excluding hydrogens is 388 g/mol. The molecule has 184 valence electrons. The molecule has 0 aliphatic heterocycles. The first-order valence-electron chi connectivity index (χ1n) is 13.3. The van der Waals surface area contributed by atoms with Gasteiger partial charge in [-0.15, -0.1) is 0 Å². The molecule has 0 amide bonds. The van der Waals surface area contributed by atoms with E-state index in [2.05, 4.69) is 9.47 Å². The van der Waals surface area contributed by atoms with E-state index in [0.717, 1.165) is 25.7 Å². The van der Waals surface area contributed by atoms with Crippen molar-refractivity contribution < 1.29 is 19.1 Å². The van der Waals surface area contributed by atoms with Gasteiger partial charge in [0.2, 0.25) is 0 Å². The zero-order valence-corrected chi connectivity index (χ0v) is 20.9. The molecule has 0 fully saturated rings. The maximum Gasteiger partial charge on any atom is 0.305 e. The smallest absolute Gasteiger partial charge is 0.305 e. The average Bonchev–Trinajstić information content (AvgIpc) is 2.79. The van der Waals surface area contributed by atoms with Crippen molar-refractivity contribution in [3.8, 4) is 0 Å². The summed E-state index contributed by atoms with van der Waals surface area (Å²) < 4.78 is 9.31. The summed E-state index contributed by atoms with van der Waals surface area (Å²) in [4.78, 5) is 22.0. The third kappa shape index (κ3) is 25.1. The first-order chi connectivity index (χ1) is 15.2. The fourth-order valence-electron chi connectivity index (χ4n) is 4.10. The topological polar surface area (TPSA) is 52.6 Å². The number of carbonyl (C=O) groups is 2. The Morgan fingerprint density at radius 3 is 0.677 bits per heavy atom. The molecule has 31 heavy (non-hydrogen) atoms. The van der Waals surface area contributed by atoms with E-state index in [4.69, 9.17) is 0 Å². The van der Waals surface area contributed by atoms with Gasteiger partial charge in [0.1, 0.15) is 0 Å². The van der Waals surface area contributed by atoms with Gasteiger partial charge >= 0.3 is 11.9 Å². The predicted octanol–water partition coefficient (Wildman–Crippen LogP) is 8.30. The van der Waals surface area contributed by atoms with E-state index in [1.165, 1.54) is 123 Å². The van der Waals surface area contributed by atoms with Gasteiger partial charge in [-0.05, 0) is 12.8 Å². The van der Waals surface area contributed by atoms with Crippen LogP contribution in [-0.4, -0.2) is 26.2 Å². The number of hydrogen-bond donors (Lipinski definition) is 0. The maximum atomic E-state index is 11.0. The highest BCUT2D eigenvalue weighted by Crippen LogP contribution is 2.15. The van der Waals surface area contributed by atoms with Crippen molar-refractivity contribution in [2.24, 2.45) is 0 Å². The number of esters is 2. The lowest BCUT2D eigenvalue weighted by Crippen LogP contribution is -1.99. The number of methoxy groups -OCH3 is 2. The standard InChI is InChI=1S/C27H52O4/c1-30-26(28)24-22-20-18-16-14-12-10-8-6-4-3-5-7-9-11-13-15-17-19-21-23-25-27(29)31-2/h3-25H2,1-2H3. The van der Waals surface area contributed by atoms with Crippen molar-refractivity contribution in [3.63, 3.8) is 0 Å². The maximum absolute atomic E-state index is 11.0. The molecule has 0 bridgehead atoms. The Morgan fingerprint density at radius 1 is 0.355 bits per heavy atom. The first-order valence-corrected chi connectivity index (χ1v) is 13.3. The van der Waals surface area contributed by atoms with Gasteiger partial charge in [-0.2, -0.15) is 0 Å². The lowest BCUT2D eigenvalue weighted by Gasteiger charge is -2.04. The van der Waals surface area contributed by atoms with Crippen molar-refractivity contribution in [3.05, 3.63) is 0 Å². The molecule has 4 nitrogen and oxygen atoms in total. The van der Waals surface area contributed by atoms with Gasteiger partial charge in [0, 0.05) is 12.8 Å². The second-order valence-electron chi connectivity index (χ2n) is 9.08. The first kappa shape index (κ1) is 29.9. The van der Waals surface area contributed by atoms with Crippen LogP contribution < -0.4 is 0 Å². The van der Waals surface area contributed by atoms with Crippen molar-refractivity contribution in [2.75, 3.05) is 14.2 Å². The fraction of sp³-hybridized carbons (Fsp3) is 0.926. The minimum absolute atomic E-state index is 0.0724. The number of hydrogen-bond acceptors (Lipinski definition) is 4. The van der Waals surface area contributed by atoms with Gasteiger partial charge in [-0.3, -0.25) is 9.59 Å². The van der Waals surface area contributed by atoms with Crippen LogP contribution in [-0.2, 0) is 19.1 Å². The van der Waals surface area contributed by atoms with Crippen LogP contribution >= 0.6 is 0 Å². The lowest BCUT2D eigenvalue weighted by molar-refractivity contribution is -0.141.